The maximum atomic E-state index is 12.1. The van der Waals surface area contributed by atoms with E-state index in [1.807, 2.05) is 42.5 Å². The highest BCUT2D eigenvalue weighted by molar-refractivity contribution is 5.85. The molecule has 0 saturated carbocycles. The van der Waals surface area contributed by atoms with Crippen LogP contribution in [0.3, 0.4) is 0 Å². The highest BCUT2D eigenvalue weighted by Gasteiger charge is 2.11. The Morgan fingerprint density at radius 1 is 1.09 bits per heavy atom. The van der Waals surface area contributed by atoms with Gasteiger partial charge >= 0.3 is 0 Å². The van der Waals surface area contributed by atoms with Gasteiger partial charge in [-0.1, -0.05) is 55.5 Å². The van der Waals surface area contributed by atoms with Gasteiger partial charge in [0.1, 0.15) is 0 Å². The van der Waals surface area contributed by atoms with Crippen LogP contribution < -0.4 is 11.1 Å². The van der Waals surface area contributed by atoms with Crippen molar-refractivity contribution in [3.63, 3.8) is 0 Å². The Bertz CT molecular complexity index is 601. The fourth-order valence-corrected chi connectivity index (χ4v) is 2.51. The minimum atomic E-state index is 0. The molecule has 1 atom stereocenters. The molecule has 0 aromatic heterocycles. The number of nitrogens with one attached hydrogen (secondary N) is 1. The molecule has 0 heterocycles. The van der Waals surface area contributed by atoms with Gasteiger partial charge in [0.2, 0.25) is 5.91 Å². The van der Waals surface area contributed by atoms with Crippen LogP contribution in [0.1, 0.15) is 30.9 Å². The number of para-hydroxylation sites is 1. The predicted octanol–water partition coefficient (Wildman–Crippen LogP) is 3.76. The van der Waals surface area contributed by atoms with E-state index >= 15 is 0 Å². The van der Waals surface area contributed by atoms with E-state index in [-0.39, 0.29) is 24.4 Å². The second kappa shape index (κ2) is 9.90. The molecular formula is C19H25ClN2O. The van der Waals surface area contributed by atoms with E-state index in [0.29, 0.717) is 12.8 Å². The summed E-state index contributed by atoms with van der Waals surface area (Å²) in [5, 5.41) is 3.13. The van der Waals surface area contributed by atoms with Gasteiger partial charge in [0, 0.05) is 18.2 Å². The molecule has 2 aromatic rings. The van der Waals surface area contributed by atoms with Crippen molar-refractivity contribution in [1.82, 2.24) is 5.32 Å². The summed E-state index contributed by atoms with van der Waals surface area (Å²) in [6, 6.07) is 18.2. The largest absolute Gasteiger partial charge is 0.399 e. The van der Waals surface area contributed by atoms with E-state index in [1.165, 1.54) is 5.56 Å². The van der Waals surface area contributed by atoms with Gasteiger partial charge in [0.15, 0.2) is 0 Å². The SMILES string of the molecule is CCC(Cc1ccccc1)NC(=O)CCc1ccccc1N.Cl. The van der Waals surface area contributed by atoms with Crippen LogP contribution in [0.15, 0.2) is 54.6 Å². The Balaban J connectivity index is 0.00000264. The van der Waals surface area contributed by atoms with Crippen molar-refractivity contribution in [1.29, 1.82) is 0 Å². The fraction of sp³-hybridized carbons (Fsp3) is 0.316. The first-order valence-corrected chi connectivity index (χ1v) is 7.85. The van der Waals surface area contributed by atoms with E-state index < -0.39 is 0 Å². The van der Waals surface area contributed by atoms with E-state index in [1.54, 1.807) is 0 Å². The molecule has 0 fully saturated rings. The minimum absolute atomic E-state index is 0. The zero-order chi connectivity index (χ0) is 15.8. The van der Waals surface area contributed by atoms with Gasteiger partial charge in [-0.25, -0.2) is 0 Å². The lowest BCUT2D eigenvalue weighted by Crippen LogP contribution is -2.36. The predicted molar refractivity (Wildman–Crippen MR) is 98.8 cm³/mol. The molecule has 2 aromatic carbocycles. The van der Waals surface area contributed by atoms with E-state index in [4.69, 9.17) is 5.73 Å². The molecule has 0 aliphatic rings. The highest BCUT2D eigenvalue weighted by Crippen LogP contribution is 2.13. The van der Waals surface area contributed by atoms with Gasteiger partial charge in [0.05, 0.1) is 0 Å². The van der Waals surface area contributed by atoms with Crippen molar-refractivity contribution in [2.75, 3.05) is 5.73 Å². The molecule has 1 unspecified atom stereocenters. The van der Waals surface area contributed by atoms with Gasteiger partial charge < -0.3 is 11.1 Å². The average Bonchev–Trinajstić information content (AvgIpc) is 2.54. The minimum Gasteiger partial charge on any atom is -0.399 e. The number of anilines is 1. The molecule has 1 amide bonds. The summed E-state index contributed by atoms with van der Waals surface area (Å²) >= 11 is 0. The number of carbonyl (C=O) groups excluding carboxylic acids is 1. The lowest BCUT2D eigenvalue weighted by Gasteiger charge is -2.17. The zero-order valence-electron chi connectivity index (χ0n) is 13.5. The van der Waals surface area contributed by atoms with Crippen molar-refractivity contribution in [3.05, 3.63) is 65.7 Å². The lowest BCUT2D eigenvalue weighted by atomic mass is 10.0. The molecule has 0 aliphatic heterocycles. The number of hydrogen-bond donors (Lipinski definition) is 2. The summed E-state index contributed by atoms with van der Waals surface area (Å²) in [6.45, 7) is 2.10. The maximum absolute atomic E-state index is 12.1. The van der Waals surface area contributed by atoms with Crippen molar-refractivity contribution < 1.29 is 4.79 Å². The Labute approximate surface area is 144 Å². The van der Waals surface area contributed by atoms with Crippen molar-refractivity contribution >= 4 is 24.0 Å². The van der Waals surface area contributed by atoms with E-state index in [0.717, 1.165) is 24.1 Å². The number of carbonyl (C=O) groups is 1. The number of hydrogen-bond acceptors (Lipinski definition) is 2. The second-order valence-corrected chi connectivity index (χ2v) is 5.56. The normalized spacial score (nSPS) is 11.3. The van der Waals surface area contributed by atoms with E-state index in [9.17, 15) is 4.79 Å². The first-order chi connectivity index (χ1) is 10.7. The van der Waals surface area contributed by atoms with Crippen molar-refractivity contribution in [3.8, 4) is 0 Å². The van der Waals surface area contributed by atoms with E-state index in [2.05, 4.69) is 24.4 Å². The summed E-state index contributed by atoms with van der Waals surface area (Å²) in [5.74, 6) is 0.0889. The topological polar surface area (TPSA) is 55.1 Å². The summed E-state index contributed by atoms with van der Waals surface area (Å²) in [7, 11) is 0. The standard InChI is InChI=1S/C19H24N2O.ClH/c1-2-17(14-15-8-4-3-5-9-15)21-19(22)13-12-16-10-6-7-11-18(16)20;/h3-11,17H,2,12-14,20H2,1H3,(H,21,22);1H. The number of nitrogen functional groups attached to an aromatic ring is 1. The van der Waals surface area contributed by atoms with Crippen molar-refractivity contribution in [2.45, 2.75) is 38.6 Å². The van der Waals surface area contributed by atoms with Crippen LogP contribution in [0.5, 0.6) is 0 Å². The number of amides is 1. The molecule has 0 spiro atoms. The first kappa shape index (κ1) is 19.0. The average molecular weight is 333 g/mol. The van der Waals surface area contributed by atoms with Gasteiger partial charge in [0.25, 0.3) is 0 Å². The number of rotatable bonds is 7. The first-order valence-electron chi connectivity index (χ1n) is 7.85. The number of halogens is 1. The Morgan fingerprint density at radius 3 is 2.39 bits per heavy atom. The van der Waals surface area contributed by atoms with Crippen LogP contribution in [0.25, 0.3) is 0 Å². The summed E-state index contributed by atoms with van der Waals surface area (Å²) in [6.07, 6.45) is 2.95. The third-order valence-corrected chi connectivity index (χ3v) is 3.86. The van der Waals surface area contributed by atoms with Gasteiger partial charge in [-0.05, 0) is 36.5 Å². The quantitative estimate of drug-likeness (QED) is 0.758. The molecule has 2 rings (SSSR count). The van der Waals surface area contributed by atoms with Crippen LogP contribution in [-0.2, 0) is 17.6 Å². The number of benzene rings is 2. The third-order valence-electron chi connectivity index (χ3n) is 3.86. The van der Waals surface area contributed by atoms with Gasteiger partial charge in [-0.15, -0.1) is 12.4 Å². The van der Waals surface area contributed by atoms with Crippen LogP contribution in [-0.4, -0.2) is 11.9 Å². The summed E-state index contributed by atoms with van der Waals surface area (Å²) in [5.41, 5.74) is 8.95. The Kier molecular flexibility index (Phi) is 8.20. The molecule has 23 heavy (non-hydrogen) atoms. The maximum Gasteiger partial charge on any atom is 0.220 e. The Morgan fingerprint density at radius 2 is 1.74 bits per heavy atom. The molecule has 124 valence electrons. The molecule has 0 radical (unpaired) electrons. The zero-order valence-corrected chi connectivity index (χ0v) is 14.3. The van der Waals surface area contributed by atoms with Crippen LogP contribution >= 0.6 is 12.4 Å². The number of aryl methyl sites for hydroxylation is 1. The lowest BCUT2D eigenvalue weighted by molar-refractivity contribution is -0.121. The number of nitrogens with two attached hydrogens (primary N) is 1. The summed E-state index contributed by atoms with van der Waals surface area (Å²) in [4.78, 5) is 12.1. The van der Waals surface area contributed by atoms with Gasteiger partial charge in [-0.2, -0.15) is 0 Å². The smallest absolute Gasteiger partial charge is 0.220 e. The van der Waals surface area contributed by atoms with Gasteiger partial charge in [-0.3, -0.25) is 4.79 Å². The molecular weight excluding hydrogens is 308 g/mol. The van der Waals surface area contributed by atoms with Crippen LogP contribution in [0, 0.1) is 0 Å². The molecule has 4 heteroatoms. The third kappa shape index (κ3) is 6.33. The molecule has 0 aliphatic carbocycles. The monoisotopic (exact) mass is 332 g/mol. The molecule has 0 saturated heterocycles. The molecule has 3 nitrogen and oxygen atoms in total. The van der Waals surface area contributed by atoms with Crippen LogP contribution in [0.4, 0.5) is 5.69 Å². The molecule has 0 bridgehead atoms. The summed E-state index contributed by atoms with van der Waals surface area (Å²) < 4.78 is 0. The molecule has 3 N–H and O–H groups in total. The van der Waals surface area contributed by atoms with Crippen molar-refractivity contribution in [2.24, 2.45) is 0 Å². The Hall–Kier alpha value is -2.00. The fourth-order valence-electron chi connectivity index (χ4n) is 2.51. The second-order valence-electron chi connectivity index (χ2n) is 5.56. The highest BCUT2D eigenvalue weighted by atomic mass is 35.5. The van der Waals surface area contributed by atoms with Crippen LogP contribution in [0.2, 0.25) is 0 Å².